The van der Waals surface area contributed by atoms with E-state index < -0.39 is 11.6 Å². The lowest BCUT2D eigenvalue weighted by atomic mass is 10.1. The number of aromatic nitrogens is 1. The molecule has 0 saturated heterocycles. The van der Waals surface area contributed by atoms with Crippen LogP contribution in [-0.4, -0.2) is 32.3 Å². The molecule has 2 aromatic heterocycles. The van der Waals surface area contributed by atoms with Gasteiger partial charge in [-0.15, -0.1) is 11.3 Å². The summed E-state index contributed by atoms with van der Waals surface area (Å²) in [5, 5.41) is 1.26. The van der Waals surface area contributed by atoms with Crippen LogP contribution in [0.25, 0.3) is 31.8 Å². The first kappa shape index (κ1) is 22.4. The van der Waals surface area contributed by atoms with Gasteiger partial charge in [0, 0.05) is 11.5 Å². The number of hydrogen-bond acceptors (Lipinski definition) is 9. The van der Waals surface area contributed by atoms with Gasteiger partial charge in [-0.3, -0.25) is 0 Å². The SMILES string of the molecule is COc1cc(C(=O)Oc2ccc3cc(-c4nc5ccccc5s4)c(=O)oc3c2)cc(OC)c1OC. The van der Waals surface area contributed by atoms with Crippen molar-refractivity contribution in [3.8, 4) is 33.6 Å². The molecule has 0 spiro atoms. The molecule has 0 unspecified atom stereocenters. The average molecular weight is 490 g/mol. The summed E-state index contributed by atoms with van der Waals surface area (Å²) in [5.41, 5.74) is 1.16. The quantitative estimate of drug-likeness (QED) is 0.180. The van der Waals surface area contributed by atoms with Crippen molar-refractivity contribution in [3.63, 3.8) is 0 Å². The predicted octanol–water partition coefficient (Wildman–Crippen LogP) is 5.31. The van der Waals surface area contributed by atoms with E-state index in [9.17, 15) is 9.59 Å². The maximum atomic E-state index is 12.8. The average Bonchev–Trinajstić information content (AvgIpc) is 3.31. The van der Waals surface area contributed by atoms with E-state index in [4.69, 9.17) is 23.4 Å². The normalized spacial score (nSPS) is 10.9. The van der Waals surface area contributed by atoms with Crippen LogP contribution in [0.15, 0.2) is 69.9 Å². The van der Waals surface area contributed by atoms with Crippen LogP contribution in [0.3, 0.4) is 0 Å². The standard InChI is InChI=1S/C26H19NO7S/c1-30-20-11-15(12-21(31-2)23(20)32-3)25(28)33-16-9-8-14-10-17(26(29)34-19(14)13-16)24-27-18-6-4-5-7-22(18)35-24/h4-13H,1-3H3. The Hall–Kier alpha value is -4.37. The van der Waals surface area contributed by atoms with Crippen LogP contribution < -0.4 is 24.6 Å². The highest BCUT2D eigenvalue weighted by atomic mass is 32.1. The second-order valence-electron chi connectivity index (χ2n) is 7.44. The summed E-state index contributed by atoms with van der Waals surface area (Å²) in [6.07, 6.45) is 0. The summed E-state index contributed by atoms with van der Waals surface area (Å²) in [6.45, 7) is 0. The number of ether oxygens (including phenoxy) is 4. The molecule has 0 bridgehead atoms. The van der Waals surface area contributed by atoms with Gasteiger partial charge in [0.25, 0.3) is 0 Å². The van der Waals surface area contributed by atoms with Crippen molar-refractivity contribution in [2.24, 2.45) is 0 Å². The predicted molar refractivity (Wildman–Crippen MR) is 132 cm³/mol. The Morgan fingerprint density at radius 1 is 0.914 bits per heavy atom. The van der Waals surface area contributed by atoms with Crippen LogP contribution in [-0.2, 0) is 0 Å². The van der Waals surface area contributed by atoms with Crippen molar-refractivity contribution in [2.75, 3.05) is 21.3 Å². The van der Waals surface area contributed by atoms with Crippen LogP contribution in [0.4, 0.5) is 0 Å². The zero-order valence-corrected chi connectivity index (χ0v) is 19.8. The van der Waals surface area contributed by atoms with Gasteiger partial charge in [-0.1, -0.05) is 12.1 Å². The van der Waals surface area contributed by atoms with Crippen molar-refractivity contribution in [1.29, 1.82) is 0 Å². The van der Waals surface area contributed by atoms with E-state index in [-0.39, 0.29) is 16.9 Å². The fourth-order valence-corrected chi connectivity index (χ4v) is 4.63. The zero-order chi connectivity index (χ0) is 24.5. The second kappa shape index (κ2) is 9.11. The molecule has 0 aliphatic rings. The highest BCUT2D eigenvalue weighted by Gasteiger charge is 2.19. The van der Waals surface area contributed by atoms with Crippen molar-refractivity contribution in [1.82, 2.24) is 4.98 Å². The van der Waals surface area contributed by atoms with Gasteiger partial charge in [0.1, 0.15) is 16.3 Å². The number of esters is 1. The third-order valence-corrected chi connectivity index (χ3v) is 6.41. The fraction of sp³-hybridized carbons (Fsp3) is 0.115. The molecule has 8 nitrogen and oxygen atoms in total. The maximum Gasteiger partial charge on any atom is 0.346 e. The Labute approximate surface area is 203 Å². The third kappa shape index (κ3) is 4.17. The highest BCUT2D eigenvalue weighted by Crippen LogP contribution is 2.38. The molecule has 0 amide bonds. The largest absolute Gasteiger partial charge is 0.493 e. The minimum Gasteiger partial charge on any atom is -0.493 e. The number of carbonyl (C=O) groups excluding carboxylic acids is 1. The van der Waals surface area contributed by atoms with Crippen molar-refractivity contribution in [2.45, 2.75) is 0 Å². The molecule has 0 fully saturated rings. The number of methoxy groups -OCH3 is 3. The van der Waals surface area contributed by atoms with E-state index in [1.807, 2.05) is 24.3 Å². The smallest absolute Gasteiger partial charge is 0.346 e. The first-order valence-electron chi connectivity index (χ1n) is 10.5. The molecular weight excluding hydrogens is 470 g/mol. The Morgan fingerprint density at radius 3 is 2.34 bits per heavy atom. The van der Waals surface area contributed by atoms with Gasteiger partial charge < -0.3 is 23.4 Å². The summed E-state index contributed by atoms with van der Waals surface area (Å²) >= 11 is 1.42. The Kier molecular flexibility index (Phi) is 5.84. The summed E-state index contributed by atoms with van der Waals surface area (Å²) in [7, 11) is 4.39. The van der Waals surface area contributed by atoms with E-state index in [0.29, 0.717) is 33.2 Å². The second-order valence-corrected chi connectivity index (χ2v) is 8.47. The minimum absolute atomic E-state index is 0.201. The molecule has 3 aromatic carbocycles. The first-order valence-corrected chi connectivity index (χ1v) is 11.3. The molecule has 5 aromatic rings. The first-order chi connectivity index (χ1) is 17.0. The number of para-hydroxylation sites is 1. The molecule has 0 radical (unpaired) electrons. The Morgan fingerprint density at radius 2 is 1.66 bits per heavy atom. The molecule has 5 rings (SSSR count). The van der Waals surface area contributed by atoms with E-state index in [2.05, 4.69) is 4.98 Å². The number of fused-ring (bicyclic) bond motifs is 2. The van der Waals surface area contributed by atoms with Crippen LogP contribution in [0.1, 0.15) is 10.4 Å². The summed E-state index contributed by atoms with van der Waals surface area (Å²) in [4.78, 5) is 30.1. The highest BCUT2D eigenvalue weighted by molar-refractivity contribution is 7.21. The third-order valence-electron chi connectivity index (χ3n) is 5.34. The molecule has 0 atom stereocenters. The van der Waals surface area contributed by atoms with E-state index in [1.165, 1.54) is 50.9 Å². The monoisotopic (exact) mass is 489 g/mol. The number of nitrogens with zero attached hydrogens (tertiary/aromatic N) is 1. The lowest BCUT2D eigenvalue weighted by Crippen LogP contribution is -2.10. The van der Waals surface area contributed by atoms with Gasteiger partial charge in [-0.2, -0.15) is 0 Å². The molecule has 9 heteroatoms. The van der Waals surface area contributed by atoms with Gasteiger partial charge in [0.05, 0.1) is 42.7 Å². The fourth-order valence-electron chi connectivity index (χ4n) is 3.66. The Balaban J connectivity index is 1.46. The lowest BCUT2D eigenvalue weighted by molar-refractivity contribution is 0.0734. The van der Waals surface area contributed by atoms with Gasteiger partial charge in [0.15, 0.2) is 11.5 Å². The summed E-state index contributed by atoms with van der Waals surface area (Å²) in [5.74, 6) is 0.587. The van der Waals surface area contributed by atoms with Crippen LogP contribution in [0.2, 0.25) is 0 Å². The van der Waals surface area contributed by atoms with E-state index in [0.717, 1.165) is 10.2 Å². The van der Waals surface area contributed by atoms with Crippen LogP contribution in [0.5, 0.6) is 23.0 Å². The molecule has 176 valence electrons. The molecule has 2 heterocycles. The molecule has 0 aliphatic heterocycles. The van der Waals surface area contributed by atoms with E-state index >= 15 is 0 Å². The molecule has 0 saturated carbocycles. The van der Waals surface area contributed by atoms with E-state index in [1.54, 1.807) is 18.2 Å². The van der Waals surface area contributed by atoms with Gasteiger partial charge in [-0.05, 0) is 42.5 Å². The number of rotatable bonds is 6. The van der Waals surface area contributed by atoms with Gasteiger partial charge in [0.2, 0.25) is 5.75 Å². The van der Waals surface area contributed by atoms with Crippen molar-refractivity contribution < 1.29 is 28.2 Å². The van der Waals surface area contributed by atoms with Crippen molar-refractivity contribution in [3.05, 3.63) is 76.6 Å². The molecule has 35 heavy (non-hydrogen) atoms. The minimum atomic E-state index is -0.642. The van der Waals surface area contributed by atoms with Gasteiger partial charge >= 0.3 is 11.6 Å². The van der Waals surface area contributed by atoms with Crippen LogP contribution in [0, 0.1) is 0 Å². The summed E-state index contributed by atoms with van der Waals surface area (Å²) in [6, 6.07) is 17.2. The van der Waals surface area contributed by atoms with Gasteiger partial charge in [-0.25, -0.2) is 14.6 Å². The topological polar surface area (TPSA) is 97.1 Å². The molecule has 0 N–H and O–H groups in total. The maximum absolute atomic E-state index is 12.8. The number of benzene rings is 3. The number of carbonyl (C=O) groups is 1. The van der Waals surface area contributed by atoms with Crippen molar-refractivity contribution >= 4 is 38.5 Å². The Bertz CT molecular complexity index is 1580. The molecular formula is C26H19NO7S. The zero-order valence-electron chi connectivity index (χ0n) is 19.0. The molecule has 0 aliphatic carbocycles. The summed E-state index contributed by atoms with van der Waals surface area (Å²) < 4.78 is 27.9. The number of thiazole rings is 1. The number of hydrogen-bond donors (Lipinski definition) is 0. The lowest BCUT2D eigenvalue weighted by Gasteiger charge is -2.13. The van der Waals surface area contributed by atoms with Crippen LogP contribution >= 0.6 is 11.3 Å².